The highest BCUT2D eigenvalue weighted by atomic mass is 35.5. The molecule has 168 valence electrons. The number of nitrogens with one attached hydrogen (secondary N) is 1. The van der Waals surface area contributed by atoms with Crippen molar-refractivity contribution in [2.45, 2.75) is 30.7 Å². The molecule has 1 fully saturated rings. The number of sulfonamides is 1. The predicted octanol–water partition coefficient (Wildman–Crippen LogP) is 2.88. The van der Waals surface area contributed by atoms with E-state index in [0.717, 1.165) is 12.8 Å². The van der Waals surface area contributed by atoms with E-state index in [2.05, 4.69) is 17.4 Å². The topological polar surface area (TPSA) is 84.9 Å². The van der Waals surface area contributed by atoms with Gasteiger partial charge in [0.15, 0.2) is 6.61 Å². The maximum atomic E-state index is 12.7. The minimum Gasteiger partial charge on any atom is -0.482 e. The van der Waals surface area contributed by atoms with E-state index < -0.39 is 10.0 Å². The Bertz CT molecular complexity index is 979. The molecule has 0 aromatic heterocycles. The Hall–Kier alpha value is -2.13. The van der Waals surface area contributed by atoms with Crippen LogP contribution in [0.15, 0.2) is 53.4 Å². The number of hydrogen-bond acceptors (Lipinski definition) is 5. The number of hydrogen-bond donors (Lipinski definition) is 1. The van der Waals surface area contributed by atoms with E-state index in [1.807, 2.05) is 25.1 Å². The van der Waals surface area contributed by atoms with E-state index in [0.29, 0.717) is 26.3 Å². The molecular formula is C22H27ClN2O5S. The zero-order valence-corrected chi connectivity index (χ0v) is 19.0. The van der Waals surface area contributed by atoms with Gasteiger partial charge in [0.25, 0.3) is 5.91 Å². The molecule has 0 radical (unpaired) electrons. The van der Waals surface area contributed by atoms with Crippen molar-refractivity contribution in [3.05, 3.63) is 59.1 Å². The van der Waals surface area contributed by atoms with Crippen LogP contribution < -0.4 is 10.1 Å². The number of aryl methyl sites for hydroxylation is 1. The van der Waals surface area contributed by atoms with Gasteiger partial charge in [0, 0.05) is 19.1 Å². The third kappa shape index (κ3) is 6.67. The molecule has 1 N–H and O–H groups in total. The van der Waals surface area contributed by atoms with Gasteiger partial charge in [-0.2, -0.15) is 4.31 Å². The molecule has 1 aliphatic rings. The molecule has 0 aliphatic carbocycles. The maximum Gasteiger partial charge on any atom is 0.258 e. The van der Waals surface area contributed by atoms with Crippen LogP contribution in [0.4, 0.5) is 0 Å². The molecule has 0 spiro atoms. The summed E-state index contributed by atoms with van der Waals surface area (Å²) >= 11 is 6.22. The van der Waals surface area contributed by atoms with E-state index in [4.69, 9.17) is 21.1 Å². The smallest absolute Gasteiger partial charge is 0.258 e. The van der Waals surface area contributed by atoms with E-state index in [-0.39, 0.29) is 34.2 Å². The number of rotatable bonds is 9. The fourth-order valence-corrected chi connectivity index (χ4v) is 4.99. The monoisotopic (exact) mass is 466 g/mol. The van der Waals surface area contributed by atoms with Crippen molar-refractivity contribution < 1.29 is 22.7 Å². The van der Waals surface area contributed by atoms with Gasteiger partial charge < -0.3 is 14.8 Å². The van der Waals surface area contributed by atoms with Gasteiger partial charge in [0.2, 0.25) is 10.0 Å². The van der Waals surface area contributed by atoms with E-state index in [1.165, 1.54) is 28.1 Å². The molecule has 0 saturated carbocycles. The van der Waals surface area contributed by atoms with Crippen LogP contribution in [-0.2, 0) is 26.0 Å². The first kappa shape index (κ1) is 23.5. The number of benzene rings is 2. The summed E-state index contributed by atoms with van der Waals surface area (Å²) in [4.78, 5) is 12.3. The zero-order chi connectivity index (χ0) is 22.3. The third-order valence-corrected chi connectivity index (χ3v) is 7.18. The molecule has 1 atom stereocenters. The summed E-state index contributed by atoms with van der Waals surface area (Å²) in [5.41, 5.74) is 1.22. The summed E-state index contributed by atoms with van der Waals surface area (Å²) in [5.74, 6) is -0.00340. The summed E-state index contributed by atoms with van der Waals surface area (Å²) in [5, 5.41) is 3.04. The van der Waals surface area contributed by atoms with Crippen LogP contribution in [-0.4, -0.2) is 57.6 Å². The second-order valence-electron chi connectivity index (χ2n) is 7.39. The summed E-state index contributed by atoms with van der Waals surface area (Å²) < 4.78 is 37.5. The highest BCUT2D eigenvalue weighted by Gasteiger charge is 2.27. The van der Waals surface area contributed by atoms with Crippen molar-refractivity contribution in [1.29, 1.82) is 0 Å². The number of amides is 1. The van der Waals surface area contributed by atoms with Crippen molar-refractivity contribution >= 4 is 27.5 Å². The number of ether oxygens (including phenoxy) is 2. The number of halogens is 1. The SMILES string of the molecule is C[C@H](CCc1ccccc1)NC(=O)COc1ccc(S(=O)(=O)N2CCOCC2)cc1Cl. The largest absolute Gasteiger partial charge is 0.482 e. The Morgan fingerprint density at radius 1 is 1.19 bits per heavy atom. The lowest BCUT2D eigenvalue weighted by Gasteiger charge is -2.26. The van der Waals surface area contributed by atoms with E-state index in [1.54, 1.807) is 0 Å². The van der Waals surface area contributed by atoms with Crippen molar-refractivity contribution in [2.24, 2.45) is 0 Å². The average molecular weight is 467 g/mol. The molecule has 9 heteroatoms. The number of morpholine rings is 1. The van der Waals surface area contributed by atoms with Crippen molar-refractivity contribution in [1.82, 2.24) is 9.62 Å². The number of carbonyl (C=O) groups excluding carboxylic acids is 1. The first-order chi connectivity index (χ1) is 14.9. The Morgan fingerprint density at radius 3 is 2.58 bits per heavy atom. The first-order valence-electron chi connectivity index (χ1n) is 10.2. The van der Waals surface area contributed by atoms with Crippen LogP contribution >= 0.6 is 11.6 Å². The highest BCUT2D eigenvalue weighted by Crippen LogP contribution is 2.29. The van der Waals surface area contributed by atoms with Gasteiger partial charge in [-0.15, -0.1) is 0 Å². The standard InChI is InChI=1S/C22H27ClN2O5S/c1-17(7-8-18-5-3-2-4-6-18)24-22(26)16-30-21-10-9-19(15-20(21)23)31(27,28)25-11-13-29-14-12-25/h2-6,9-10,15,17H,7-8,11-14,16H2,1H3,(H,24,26)/t17-/m1/s1. The predicted molar refractivity (Wildman–Crippen MR) is 119 cm³/mol. The highest BCUT2D eigenvalue weighted by molar-refractivity contribution is 7.89. The molecular weight excluding hydrogens is 440 g/mol. The van der Waals surface area contributed by atoms with Crippen molar-refractivity contribution in [2.75, 3.05) is 32.9 Å². The van der Waals surface area contributed by atoms with Crippen LogP contribution in [0.5, 0.6) is 5.75 Å². The van der Waals surface area contributed by atoms with Gasteiger partial charge in [-0.25, -0.2) is 8.42 Å². The van der Waals surface area contributed by atoms with Gasteiger partial charge in [-0.05, 0) is 43.5 Å². The van der Waals surface area contributed by atoms with E-state index in [9.17, 15) is 13.2 Å². The summed E-state index contributed by atoms with van der Waals surface area (Å²) in [6.07, 6.45) is 1.68. The van der Waals surface area contributed by atoms with Crippen molar-refractivity contribution in [3.63, 3.8) is 0 Å². The number of carbonyl (C=O) groups is 1. The van der Waals surface area contributed by atoms with Crippen LogP contribution in [0, 0.1) is 0 Å². The molecule has 1 heterocycles. The van der Waals surface area contributed by atoms with Gasteiger partial charge in [0.1, 0.15) is 5.75 Å². The van der Waals surface area contributed by atoms with Crippen LogP contribution in [0.2, 0.25) is 5.02 Å². The summed E-state index contributed by atoms with van der Waals surface area (Å²) in [7, 11) is -3.64. The molecule has 7 nitrogen and oxygen atoms in total. The minimum absolute atomic E-state index is 0.00665. The Kier molecular flexibility index (Phi) is 8.31. The van der Waals surface area contributed by atoms with Crippen LogP contribution in [0.25, 0.3) is 0 Å². The fraction of sp³-hybridized carbons (Fsp3) is 0.409. The average Bonchev–Trinajstić information content (AvgIpc) is 2.78. The molecule has 31 heavy (non-hydrogen) atoms. The minimum atomic E-state index is -3.64. The quantitative estimate of drug-likeness (QED) is 0.614. The Balaban J connectivity index is 1.50. The second kappa shape index (κ2) is 10.9. The van der Waals surface area contributed by atoms with Gasteiger partial charge >= 0.3 is 0 Å². The normalized spacial score (nSPS) is 15.9. The van der Waals surface area contributed by atoms with E-state index >= 15 is 0 Å². The second-order valence-corrected chi connectivity index (χ2v) is 9.74. The molecule has 0 bridgehead atoms. The summed E-state index contributed by atoms with van der Waals surface area (Å²) in [6.45, 7) is 3.09. The van der Waals surface area contributed by atoms with Gasteiger partial charge in [0.05, 0.1) is 23.1 Å². The molecule has 2 aromatic rings. The lowest BCUT2D eigenvalue weighted by molar-refractivity contribution is -0.123. The molecule has 1 aliphatic heterocycles. The molecule has 1 amide bonds. The fourth-order valence-electron chi connectivity index (χ4n) is 3.25. The lowest BCUT2D eigenvalue weighted by Crippen LogP contribution is -2.40. The van der Waals surface area contributed by atoms with Crippen molar-refractivity contribution in [3.8, 4) is 5.75 Å². The molecule has 3 rings (SSSR count). The molecule has 2 aromatic carbocycles. The molecule has 1 saturated heterocycles. The lowest BCUT2D eigenvalue weighted by atomic mass is 10.1. The summed E-state index contributed by atoms with van der Waals surface area (Å²) in [6, 6.07) is 14.3. The maximum absolute atomic E-state index is 12.7. The third-order valence-electron chi connectivity index (χ3n) is 4.99. The first-order valence-corrected chi connectivity index (χ1v) is 12.0. The Labute approximate surface area is 188 Å². The zero-order valence-electron chi connectivity index (χ0n) is 17.4. The Morgan fingerprint density at radius 2 is 1.90 bits per heavy atom. The molecule has 0 unspecified atom stereocenters. The number of nitrogens with zero attached hydrogens (tertiary/aromatic N) is 1. The van der Waals surface area contributed by atoms with Crippen LogP contribution in [0.3, 0.4) is 0 Å². The van der Waals surface area contributed by atoms with Gasteiger partial charge in [-0.3, -0.25) is 4.79 Å². The van der Waals surface area contributed by atoms with Crippen LogP contribution in [0.1, 0.15) is 18.9 Å². The van der Waals surface area contributed by atoms with Gasteiger partial charge in [-0.1, -0.05) is 41.9 Å².